The normalized spacial score (nSPS) is 21.8. The van der Waals surface area contributed by atoms with Gasteiger partial charge in [-0.25, -0.2) is 9.59 Å². The molecular formula is C36H45GdN5O12. The SMILES string of the molecule is CC(=O)O[C@H]1CN(C(=O)OCC2c3ccccc3-c3ccccc32)[C@H](C(=O)O)C1N1CCN(CC(=O)O)CCN(CC(=O)O)CCN(CC(=O)O)CC1.[Gd]. The summed E-state index contributed by atoms with van der Waals surface area (Å²) in [4.78, 5) is 81.9. The second-order valence-electron chi connectivity index (χ2n) is 13.4. The maximum absolute atomic E-state index is 13.8. The van der Waals surface area contributed by atoms with Gasteiger partial charge in [-0.15, -0.1) is 0 Å². The Kier molecular flexibility index (Phi) is 15.7. The van der Waals surface area contributed by atoms with E-state index in [2.05, 4.69) is 0 Å². The van der Waals surface area contributed by atoms with Crippen LogP contribution in [0.1, 0.15) is 24.0 Å². The molecule has 0 bridgehead atoms. The fraction of sp³-hybridized carbons (Fsp3) is 0.500. The van der Waals surface area contributed by atoms with Crippen LogP contribution in [0.2, 0.25) is 0 Å². The Hall–Kier alpha value is -3.78. The first-order valence-electron chi connectivity index (χ1n) is 17.4. The van der Waals surface area contributed by atoms with Crippen LogP contribution in [0.5, 0.6) is 0 Å². The summed E-state index contributed by atoms with van der Waals surface area (Å²) < 4.78 is 11.5. The fourth-order valence-corrected chi connectivity index (χ4v) is 7.60. The van der Waals surface area contributed by atoms with Crippen LogP contribution in [0, 0.1) is 39.9 Å². The number of carbonyl (C=O) groups excluding carboxylic acids is 2. The van der Waals surface area contributed by atoms with Crippen molar-refractivity contribution >= 4 is 35.9 Å². The van der Waals surface area contributed by atoms with Gasteiger partial charge >= 0.3 is 35.9 Å². The van der Waals surface area contributed by atoms with Crippen molar-refractivity contribution in [1.29, 1.82) is 0 Å². The second kappa shape index (κ2) is 19.7. The van der Waals surface area contributed by atoms with Crippen LogP contribution in [0.4, 0.5) is 4.79 Å². The zero-order chi connectivity index (χ0) is 38.2. The van der Waals surface area contributed by atoms with Crippen LogP contribution in [-0.4, -0.2) is 184 Å². The number of nitrogens with zero attached hydrogens (tertiary/aromatic N) is 5. The maximum Gasteiger partial charge on any atom is 0.410 e. The Morgan fingerprint density at radius 2 is 1.09 bits per heavy atom. The van der Waals surface area contributed by atoms with Crippen LogP contribution in [0.3, 0.4) is 0 Å². The number of carbonyl (C=O) groups is 6. The van der Waals surface area contributed by atoms with E-state index in [0.717, 1.165) is 27.2 Å². The summed E-state index contributed by atoms with van der Waals surface area (Å²) in [5, 5.41) is 39.3. The molecule has 2 saturated heterocycles. The van der Waals surface area contributed by atoms with E-state index in [9.17, 15) is 49.2 Å². The largest absolute Gasteiger partial charge is 0.480 e. The van der Waals surface area contributed by atoms with Gasteiger partial charge in [-0.3, -0.25) is 43.7 Å². The van der Waals surface area contributed by atoms with E-state index in [0.29, 0.717) is 0 Å². The van der Waals surface area contributed by atoms with Gasteiger partial charge in [0.25, 0.3) is 0 Å². The van der Waals surface area contributed by atoms with Crippen molar-refractivity contribution < 1.29 is 98.6 Å². The Morgan fingerprint density at radius 3 is 1.50 bits per heavy atom. The van der Waals surface area contributed by atoms with Crippen molar-refractivity contribution in [1.82, 2.24) is 24.5 Å². The molecule has 2 aliphatic heterocycles. The van der Waals surface area contributed by atoms with Gasteiger partial charge in [0.1, 0.15) is 12.7 Å². The third-order valence-electron chi connectivity index (χ3n) is 9.93. The summed E-state index contributed by atoms with van der Waals surface area (Å²) in [6.07, 6.45) is -2.03. The van der Waals surface area contributed by atoms with E-state index in [1.807, 2.05) is 48.5 Å². The number of hydrogen-bond acceptors (Lipinski definition) is 12. The number of ether oxygens (including phenoxy) is 2. The van der Waals surface area contributed by atoms with Gasteiger partial charge in [-0.05, 0) is 22.3 Å². The standard InChI is InChI=1S/C36H45N5O12.Gd/c1-23(42)53-29-18-41(36(51)52-22-28-26-8-4-2-6-24(26)25-7-3-5-9-27(25)28)34(35(49)50)33(29)40-16-14-38(20-31(45)46)12-10-37(19-30(43)44)11-13-39(15-17-40)21-32(47)48;/h2-9,28-29,33-34H,10-22H2,1H3,(H,43,44)(H,45,46)(H,47,48)(H,49,50);/t29-,33?,34-;/m0./s1. The van der Waals surface area contributed by atoms with E-state index < -0.39 is 54.1 Å². The van der Waals surface area contributed by atoms with Crippen molar-refractivity contribution in [3.05, 3.63) is 59.7 Å². The van der Waals surface area contributed by atoms with Gasteiger partial charge in [0, 0.05) is 105 Å². The molecule has 5 rings (SSSR count). The number of aliphatic carboxylic acids is 4. The number of fused-ring (bicyclic) bond motifs is 3. The number of esters is 1. The minimum absolute atomic E-state index is 0. The fourth-order valence-electron chi connectivity index (χ4n) is 7.60. The molecule has 54 heavy (non-hydrogen) atoms. The average Bonchev–Trinajstić information content (AvgIpc) is 3.62. The number of benzene rings is 2. The molecule has 18 heteroatoms. The zero-order valence-corrected chi connectivity index (χ0v) is 32.0. The molecular weight excluding hydrogens is 852 g/mol. The van der Waals surface area contributed by atoms with E-state index >= 15 is 0 Å². The molecule has 2 aromatic carbocycles. The number of amides is 1. The number of carboxylic acid groups (broad SMARTS) is 4. The summed E-state index contributed by atoms with van der Waals surface area (Å²) in [5.41, 5.74) is 3.97. The third kappa shape index (κ3) is 10.9. The Labute approximate surface area is 344 Å². The first-order valence-corrected chi connectivity index (χ1v) is 17.4. The summed E-state index contributed by atoms with van der Waals surface area (Å²) in [6, 6.07) is 12.9. The number of carboxylic acids is 4. The molecule has 3 atom stereocenters. The first-order chi connectivity index (χ1) is 25.3. The predicted octanol–water partition coefficient (Wildman–Crippen LogP) is 0.480. The molecule has 2 aromatic rings. The average molecular weight is 897 g/mol. The van der Waals surface area contributed by atoms with E-state index in [1.165, 1.54) is 6.92 Å². The summed E-state index contributed by atoms with van der Waals surface area (Å²) in [7, 11) is 0. The van der Waals surface area contributed by atoms with E-state index in [-0.39, 0.29) is 131 Å². The van der Waals surface area contributed by atoms with Crippen LogP contribution < -0.4 is 0 Å². The second-order valence-corrected chi connectivity index (χ2v) is 13.4. The molecule has 0 radical (unpaired) electrons. The van der Waals surface area contributed by atoms with Crippen LogP contribution in [0.15, 0.2) is 48.5 Å². The molecule has 2 heterocycles. The van der Waals surface area contributed by atoms with Gasteiger partial charge in [0.2, 0.25) is 0 Å². The van der Waals surface area contributed by atoms with Crippen LogP contribution in [0.25, 0.3) is 11.1 Å². The number of hydrogen-bond donors (Lipinski definition) is 4. The molecule has 3 aliphatic rings. The van der Waals surface area contributed by atoms with Crippen molar-refractivity contribution in [3.8, 4) is 11.1 Å². The molecule has 4 N–H and O–H groups in total. The Balaban J connectivity index is 0.00000650. The van der Waals surface area contributed by atoms with Crippen LogP contribution >= 0.6 is 0 Å². The Bertz CT molecular complexity index is 1620. The van der Waals surface area contributed by atoms with Gasteiger partial charge in [-0.1, -0.05) is 48.5 Å². The Morgan fingerprint density at radius 1 is 0.667 bits per heavy atom. The maximum atomic E-state index is 13.8. The minimum atomic E-state index is -1.55. The van der Waals surface area contributed by atoms with Gasteiger partial charge < -0.3 is 29.9 Å². The van der Waals surface area contributed by atoms with Gasteiger partial charge in [-0.2, -0.15) is 0 Å². The van der Waals surface area contributed by atoms with E-state index in [4.69, 9.17) is 9.47 Å². The number of likely N-dealkylation sites (tertiary alicyclic amines) is 1. The molecule has 17 nitrogen and oxygen atoms in total. The van der Waals surface area contributed by atoms with Crippen molar-refractivity contribution in [2.45, 2.75) is 31.0 Å². The number of rotatable bonds is 11. The van der Waals surface area contributed by atoms with Crippen molar-refractivity contribution in [2.24, 2.45) is 0 Å². The molecule has 0 aromatic heterocycles. The monoisotopic (exact) mass is 897 g/mol. The molecule has 294 valence electrons. The van der Waals surface area contributed by atoms with Gasteiger partial charge in [0.05, 0.1) is 32.2 Å². The quantitative estimate of drug-likeness (QED) is 0.226. The minimum Gasteiger partial charge on any atom is -0.480 e. The van der Waals surface area contributed by atoms with Crippen molar-refractivity contribution in [3.63, 3.8) is 0 Å². The van der Waals surface area contributed by atoms with Gasteiger partial charge in [0.15, 0.2) is 6.04 Å². The molecule has 1 amide bonds. The smallest absolute Gasteiger partial charge is 0.410 e. The van der Waals surface area contributed by atoms with E-state index in [1.54, 1.807) is 19.6 Å². The molecule has 0 saturated carbocycles. The van der Waals surface area contributed by atoms with Crippen LogP contribution in [-0.2, 0) is 33.4 Å². The zero-order valence-electron chi connectivity index (χ0n) is 29.8. The first kappa shape index (κ1) is 43.0. The molecule has 1 aliphatic carbocycles. The molecule has 0 spiro atoms. The third-order valence-corrected chi connectivity index (χ3v) is 9.93. The topological polar surface area (TPSA) is 218 Å². The molecule has 1 unspecified atom stereocenters. The predicted molar refractivity (Wildman–Crippen MR) is 186 cm³/mol. The summed E-state index contributed by atoms with van der Waals surface area (Å²) >= 11 is 0. The summed E-state index contributed by atoms with van der Waals surface area (Å²) in [6.45, 7) is 0.647. The van der Waals surface area contributed by atoms with Crippen molar-refractivity contribution in [2.75, 3.05) is 85.1 Å². The summed E-state index contributed by atoms with van der Waals surface area (Å²) in [5.74, 6) is -5.70. The molecule has 2 fully saturated rings.